The molecule has 24 heavy (non-hydrogen) atoms. The van der Waals surface area contributed by atoms with Crippen LogP contribution in [-0.4, -0.2) is 33.7 Å². The van der Waals surface area contributed by atoms with E-state index in [9.17, 15) is 13.0 Å². The summed E-state index contributed by atoms with van der Waals surface area (Å²) in [4.78, 5) is 0.169. The van der Waals surface area contributed by atoms with Crippen LogP contribution in [0.15, 0.2) is 29.2 Å². The summed E-state index contributed by atoms with van der Waals surface area (Å²) >= 11 is 0. The third kappa shape index (κ3) is 4.88. The molecule has 0 bridgehead atoms. The average Bonchev–Trinajstić information content (AvgIpc) is 2.46. The molecule has 0 radical (unpaired) electrons. The Labute approximate surface area is 145 Å². The standard InChI is InChI=1S/C15H28N3O4PS/c1-12-8-10-13(11-9-12)24(20,21)18-14(2,3)15(4,5)22-23(19,16-6)17-7/h8-11,18H,1-7H3,(H2,16,17,19). The minimum atomic E-state index is -3.75. The van der Waals surface area contributed by atoms with Gasteiger partial charge in [0.25, 0.3) is 0 Å². The summed E-state index contributed by atoms with van der Waals surface area (Å²) in [5, 5.41) is 5.20. The SMILES string of the molecule is CNP(=O)(NC)OC(C)(C)C(C)(C)NS(=O)(=O)c1ccc(C)cc1. The highest BCUT2D eigenvalue weighted by molar-refractivity contribution is 7.89. The Bertz CT molecular complexity index is 707. The van der Waals surface area contributed by atoms with Crippen molar-refractivity contribution in [1.82, 2.24) is 14.9 Å². The number of hydrogen-bond acceptors (Lipinski definition) is 4. The Morgan fingerprint density at radius 3 is 1.88 bits per heavy atom. The lowest BCUT2D eigenvalue weighted by Crippen LogP contribution is -2.59. The quantitative estimate of drug-likeness (QED) is 0.602. The summed E-state index contributed by atoms with van der Waals surface area (Å²) in [6, 6.07) is 6.57. The molecule has 0 unspecified atom stereocenters. The molecule has 1 aromatic carbocycles. The highest BCUT2D eigenvalue weighted by Gasteiger charge is 2.45. The van der Waals surface area contributed by atoms with Gasteiger partial charge < -0.3 is 0 Å². The lowest BCUT2D eigenvalue weighted by molar-refractivity contribution is 0.0312. The lowest BCUT2D eigenvalue weighted by Gasteiger charge is -2.42. The predicted octanol–water partition coefficient (Wildman–Crippen LogP) is 2.39. The van der Waals surface area contributed by atoms with E-state index in [1.807, 2.05) is 6.92 Å². The minimum Gasteiger partial charge on any atom is -0.298 e. The van der Waals surface area contributed by atoms with Crippen molar-refractivity contribution in [3.8, 4) is 0 Å². The van der Waals surface area contributed by atoms with Crippen LogP contribution < -0.4 is 14.9 Å². The molecule has 9 heteroatoms. The first-order valence-corrected chi connectivity index (χ1v) is 10.7. The molecule has 0 amide bonds. The summed E-state index contributed by atoms with van der Waals surface area (Å²) in [7, 11) is -4.00. The van der Waals surface area contributed by atoms with Crippen LogP contribution in [0, 0.1) is 6.92 Å². The van der Waals surface area contributed by atoms with Gasteiger partial charge in [0, 0.05) is 0 Å². The summed E-state index contributed by atoms with van der Waals surface area (Å²) < 4.78 is 46.1. The smallest absolute Gasteiger partial charge is 0.298 e. The zero-order chi connectivity index (χ0) is 18.8. The minimum absolute atomic E-state index is 0.169. The van der Waals surface area contributed by atoms with Gasteiger partial charge in [-0.05, 0) is 60.8 Å². The Morgan fingerprint density at radius 2 is 1.46 bits per heavy atom. The van der Waals surface area contributed by atoms with E-state index in [-0.39, 0.29) is 4.90 Å². The molecule has 0 aliphatic carbocycles. The maximum absolute atomic E-state index is 12.6. The van der Waals surface area contributed by atoms with Crippen LogP contribution in [0.4, 0.5) is 0 Å². The zero-order valence-corrected chi connectivity index (χ0v) is 17.0. The summed E-state index contributed by atoms with van der Waals surface area (Å²) in [5.41, 5.74) is -1.12. The van der Waals surface area contributed by atoms with Gasteiger partial charge in [0.15, 0.2) is 0 Å². The van der Waals surface area contributed by atoms with Gasteiger partial charge in [-0.15, -0.1) is 0 Å². The molecule has 0 saturated carbocycles. The van der Waals surface area contributed by atoms with Gasteiger partial charge in [-0.1, -0.05) is 17.7 Å². The van der Waals surface area contributed by atoms with Crippen molar-refractivity contribution in [3.63, 3.8) is 0 Å². The van der Waals surface area contributed by atoms with Crippen LogP contribution in [0.5, 0.6) is 0 Å². The van der Waals surface area contributed by atoms with Gasteiger partial charge in [0.1, 0.15) is 0 Å². The molecule has 0 spiro atoms. The van der Waals surface area contributed by atoms with Crippen molar-refractivity contribution >= 4 is 17.7 Å². The molecule has 7 nitrogen and oxygen atoms in total. The van der Waals surface area contributed by atoms with E-state index in [2.05, 4.69) is 14.9 Å². The van der Waals surface area contributed by atoms with Crippen molar-refractivity contribution in [1.29, 1.82) is 0 Å². The maximum Gasteiger partial charge on any atom is 0.340 e. The molecule has 0 atom stereocenters. The Kier molecular flexibility index (Phi) is 6.42. The van der Waals surface area contributed by atoms with Crippen molar-refractivity contribution in [3.05, 3.63) is 29.8 Å². The second-order valence-corrected chi connectivity index (χ2v) is 10.5. The van der Waals surface area contributed by atoms with Gasteiger partial charge in [0.2, 0.25) is 10.0 Å². The number of nitrogens with one attached hydrogen (secondary N) is 3. The molecule has 0 saturated heterocycles. The molecule has 138 valence electrons. The topological polar surface area (TPSA) is 96.5 Å². The first-order valence-electron chi connectivity index (χ1n) is 7.58. The molecule has 3 N–H and O–H groups in total. The van der Waals surface area contributed by atoms with Gasteiger partial charge >= 0.3 is 7.67 Å². The molecule has 0 aliphatic rings. The van der Waals surface area contributed by atoms with E-state index in [0.29, 0.717) is 0 Å². The Morgan fingerprint density at radius 1 is 1.00 bits per heavy atom. The Balaban J connectivity index is 3.10. The normalized spacial score (nSPS) is 14.0. The molecule has 0 heterocycles. The fourth-order valence-electron chi connectivity index (χ4n) is 1.87. The predicted molar refractivity (Wildman–Crippen MR) is 96.5 cm³/mol. The zero-order valence-electron chi connectivity index (χ0n) is 15.3. The molecular formula is C15H28N3O4PS. The monoisotopic (exact) mass is 377 g/mol. The molecule has 1 rings (SSSR count). The third-order valence-electron chi connectivity index (χ3n) is 4.17. The van der Waals surface area contributed by atoms with Crippen LogP contribution >= 0.6 is 7.67 Å². The fraction of sp³-hybridized carbons (Fsp3) is 0.600. The van der Waals surface area contributed by atoms with Crippen LogP contribution in [-0.2, 0) is 19.1 Å². The fourth-order valence-corrected chi connectivity index (χ4v) is 4.68. The third-order valence-corrected chi connectivity index (χ3v) is 7.73. The molecule has 0 aromatic heterocycles. The van der Waals surface area contributed by atoms with Gasteiger partial charge in [-0.2, -0.15) is 0 Å². The molecule has 1 aromatic rings. The first kappa shape index (κ1) is 21.3. The van der Waals surface area contributed by atoms with E-state index in [4.69, 9.17) is 4.52 Å². The largest absolute Gasteiger partial charge is 0.340 e. The van der Waals surface area contributed by atoms with Crippen LogP contribution in [0.25, 0.3) is 0 Å². The van der Waals surface area contributed by atoms with Gasteiger partial charge in [0.05, 0.1) is 16.0 Å². The number of sulfonamides is 1. The van der Waals surface area contributed by atoms with Gasteiger partial charge in [-0.3, -0.25) is 9.09 Å². The second kappa shape index (κ2) is 7.23. The number of aryl methyl sites for hydroxylation is 1. The molecular weight excluding hydrogens is 349 g/mol. The van der Waals surface area contributed by atoms with E-state index < -0.39 is 28.8 Å². The van der Waals surface area contributed by atoms with Gasteiger partial charge in [-0.25, -0.2) is 23.3 Å². The van der Waals surface area contributed by atoms with Crippen molar-refractivity contribution < 1.29 is 17.5 Å². The molecule has 0 aliphatic heterocycles. The lowest BCUT2D eigenvalue weighted by atomic mass is 9.87. The van der Waals surface area contributed by atoms with E-state index in [0.717, 1.165) is 5.56 Å². The van der Waals surface area contributed by atoms with E-state index in [1.54, 1.807) is 52.0 Å². The average molecular weight is 377 g/mol. The van der Waals surface area contributed by atoms with Crippen molar-refractivity contribution in [2.45, 2.75) is 50.7 Å². The summed E-state index contributed by atoms with van der Waals surface area (Å²) in [5.74, 6) is 0. The van der Waals surface area contributed by atoms with E-state index in [1.165, 1.54) is 14.1 Å². The van der Waals surface area contributed by atoms with Crippen LogP contribution in [0.2, 0.25) is 0 Å². The highest BCUT2D eigenvalue weighted by atomic mass is 32.2. The molecule has 0 fully saturated rings. The summed E-state index contributed by atoms with van der Waals surface area (Å²) in [6.07, 6.45) is 0. The highest BCUT2D eigenvalue weighted by Crippen LogP contribution is 2.44. The Hall–Kier alpha value is -0.760. The number of rotatable bonds is 8. The second-order valence-electron chi connectivity index (χ2n) is 6.64. The van der Waals surface area contributed by atoms with E-state index >= 15 is 0 Å². The van der Waals surface area contributed by atoms with Crippen molar-refractivity contribution in [2.75, 3.05) is 14.1 Å². The van der Waals surface area contributed by atoms with Crippen molar-refractivity contribution in [2.24, 2.45) is 0 Å². The maximum atomic E-state index is 12.6. The van der Waals surface area contributed by atoms with Crippen LogP contribution in [0.1, 0.15) is 33.3 Å². The van der Waals surface area contributed by atoms with Crippen LogP contribution in [0.3, 0.4) is 0 Å². The number of benzene rings is 1. The number of hydrogen-bond donors (Lipinski definition) is 3. The summed E-state index contributed by atoms with van der Waals surface area (Å²) in [6.45, 7) is 8.64. The first-order chi connectivity index (χ1) is 10.8.